The number of nitrogens with one attached hydrogen (secondary N) is 1. The molecule has 0 spiro atoms. The minimum Gasteiger partial charge on any atom is -0.333 e. The summed E-state index contributed by atoms with van der Waals surface area (Å²) in [5, 5.41) is 6.32. The van der Waals surface area contributed by atoms with E-state index in [9.17, 15) is 4.79 Å². The Morgan fingerprint density at radius 3 is 3.18 bits per heavy atom. The normalized spacial score (nSPS) is 9.09. The fourth-order valence-electron chi connectivity index (χ4n) is 0.629. The molecule has 1 aromatic rings. The molecule has 0 fully saturated rings. The van der Waals surface area contributed by atoms with Crippen LogP contribution in [0.5, 0.6) is 0 Å². The van der Waals surface area contributed by atoms with Crippen molar-refractivity contribution in [2.24, 2.45) is 0 Å². The van der Waals surface area contributed by atoms with Crippen LogP contribution in [0.3, 0.4) is 0 Å². The van der Waals surface area contributed by atoms with Crippen molar-refractivity contribution in [1.82, 2.24) is 15.1 Å². The Labute approximate surface area is 64.5 Å². The van der Waals surface area contributed by atoms with Gasteiger partial charge in [0.25, 0.3) is 0 Å². The molecular weight excluding hydrogens is 142 g/mol. The number of carbonyl (C=O) groups excluding carboxylic acids is 1. The second-order valence-electron chi connectivity index (χ2n) is 1.93. The van der Waals surface area contributed by atoms with Crippen LogP contribution < -0.4 is 5.32 Å². The number of aromatic nitrogens is 2. The van der Waals surface area contributed by atoms with Gasteiger partial charge in [-0.2, -0.15) is 9.78 Å². The smallest absolute Gasteiger partial charge is 0.333 e. The highest BCUT2D eigenvalue weighted by molar-refractivity contribution is 5.75. The largest absolute Gasteiger partial charge is 0.342 e. The van der Waals surface area contributed by atoms with Crippen molar-refractivity contribution in [2.45, 2.75) is 0 Å². The molecule has 1 amide bonds. The fourth-order valence-corrected chi connectivity index (χ4v) is 0.629. The maximum Gasteiger partial charge on any atom is 0.342 e. The highest BCUT2D eigenvalue weighted by Crippen LogP contribution is 1.82. The topological polar surface area (TPSA) is 46.9 Å². The van der Waals surface area contributed by atoms with E-state index in [0.717, 1.165) is 0 Å². The molecule has 58 valence electrons. The van der Waals surface area contributed by atoms with Crippen molar-refractivity contribution in [1.29, 1.82) is 0 Å². The molecule has 1 aromatic heterocycles. The summed E-state index contributed by atoms with van der Waals surface area (Å²) >= 11 is 0. The first-order chi connectivity index (χ1) is 5.34. The third-order valence-corrected chi connectivity index (χ3v) is 1.11. The SMILES string of the molecule is C=CCNC(=O)n1cccn1. The Kier molecular flexibility index (Phi) is 2.43. The highest BCUT2D eigenvalue weighted by Gasteiger charge is 1.99. The van der Waals surface area contributed by atoms with E-state index in [2.05, 4.69) is 17.0 Å². The van der Waals surface area contributed by atoms with E-state index in [-0.39, 0.29) is 6.03 Å². The molecule has 0 saturated heterocycles. The average Bonchev–Trinajstić information content (AvgIpc) is 2.52. The van der Waals surface area contributed by atoms with Crippen LogP contribution in [0.4, 0.5) is 4.79 Å². The Balaban J connectivity index is 2.49. The number of amides is 1. The second-order valence-corrected chi connectivity index (χ2v) is 1.93. The van der Waals surface area contributed by atoms with Crippen LogP contribution in [0.15, 0.2) is 31.1 Å². The first-order valence-electron chi connectivity index (χ1n) is 3.23. The number of rotatable bonds is 2. The zero-order chi connectivity index (χ0) is 8.10. The van der Waals surface area contributed by atoms with Gasteiger partial charge in [-0.25, -0.2) is 4.79 Å². The van der Waals surface area contributed by atoms with Crippen LogP contribution >= 0.6 is 0 Å². The molecule has 0 unspecified atom stereocenters. The molecule has 1 N–H and O–H groups in total. The lowest BCUT2D eigenvalue weighted by Gasteiger charge is -1.99. The zero-order valence-corrected chi connectivity index (χ0v) is 6.03. The fraction of sp³-hybridized carbons (Fsp3) is 0.143. The van der Waals surface area contributed by atoms with Crippen molar-refractivity contribution in [3.05, 3.63) is 31.1 Å². The van der Waals surface area contributed by atoms with E-state index >= 15 is 0 Å². The Morgan fingerprint density at radius 2 is 2.64 bits per heavy atom. The second kappa shape index (κ2) is 3.55. The molecule has 1 rings (SSSR count). The maximum absolute atomic E-state index is 11.0. The van der Waals surface area contributed by atoms with Gasteiger partial charge in [0.05, 0.1) is 0 Å². The lowest BCUT2D eigenvalue weighted by atomic mass is 10.6. The molecule has 1 heterocycles. The van der Waals surface area contributed by atoms with Crippen molar-refractivity contribution >= 4 is 6.03 Å². The summed E-state index contributed by atoms with van der Waals surface area (Å²) in [6.07, 6.45) is 4.74. The molecule has 4 nitrogen and oxygen atoms in total. The van der Waals surface area contributed by atoms with Crippen molar-refractivity contribution in [3.8, 4) is 0 Å². The van der Waals surface area contributed by atoms with Crippen LogP contribution in [0, 0.1) is 0 Å². The molecule has 4 heteroatoms. The highest BCUT2D eigenvalue weighted by atomic mass is 16.2. The molecule has 0 aliphatic heterocycles. The quantitative estimate of drug-likeness (QED) is 0.630. The monoisotopic (exact) mass is 151 g/mol. The standard InChI is InChI=1S/C7H9N3O/c1-2-4-8-7(11)10-6-3-5-9-10/h2-3,5-6H,1,4H2,(H,8,11). The molecule has 0 atom stereocenters. The van der Waals surface area contributed by atoms with Gasteiger partial charge in [-0.15, -0.1) is 6.58 Å². The summed E-state index contributed by atoms with van der Waals surface area (Å²) in [4.78, 5) is 11.0. The molecule has 0 aliphatic rings. The van der Waals surface area contributed by atoms with Gasteiger partial charge in [0.15, 0.2) is 0 Å². The minimum absolute atomic E-state index is 0.241. The van der Waals surface area contributed by atoms with Gasteiger partial charge in [0.2, 0.25) is 0 Å². The number of carbonyl (C=O) groups is 1. The van der Waals surface area contributed by atoms with Gasteiger partial charge in [-0.05, 0) is 6.07 Å². The Bertz CT molecular complexity index is 240. The Hall–Kier alpha value is -1.58. The van der Waals surface area contributed by atoms with E-state index in [4.69, 9.17) is 0 Å². The molecular formula is C7H9N3O. The molecule has 0 bridgehead atoms. The molecule has 0 aliphatic carbocycles. The molecule has 0 saturated carbocycles. The zero-order valence-electron chi connectivity index (χ0n) is 6.03. The predicted molar refractivity (Wildman–Crippen MR) is 41.2 cm³/mol. The van der Waals surface area contributed by atoms with Crippen LogP contribution in [0.1, 0.15) is 0 Å². The average molecular weight is 151 g/mol. The summed E-state index contributed by atoms with van der Waals surface area (Å²) in [6.45, 7) is 3.93. The van der Waals surface area contributed by atoms with E-state index in [1.165, 1.54) is 4.68 Å². The van der Waals surface area contributed by atoms with Crippen LogP contribution in [-0.4, -0.2) is 22.4 Å². The summed E-state index contributed by atoms with van der Waals surface area (Å²) in [5.41, 5.74) is 0. The van der Waals surface area contributed by atoms with E-state index in [1.54, 1.807) is 24.5 Å². The third-order valence-electron chi connectivity index (χ3n) is 1.11. The van der Waals surface area contributed by atoms with Gasteiger partial charge >= 0.3 is 6.03 Å². The molecule has 11 heavy (non-hydrogen) atoms. The van der Waals surface area contributed by atoms with Crippen LogP contribution in [0.25, 0.3) is 0 Å². The molecule has 0 radical (unpaired) electrons. The first-order valence-corrected chi connectivity index (χ1v) is 3.23. The first kappa shape index (κ1) is 7.53. The number of hydrogen-bond donors (Lipinski definition) is 1. The van der Waals surface area contributed by atoms with Crippen LogP contribution in [0.2, 0.25) is 0 Å². The molecule has 0 aromatic carbocycles. The van der Waals surface area contributed by atoms with Crippen molar-refractivity contribution in [3.63, 3.8) is 0 Å². The summed E-state index contributed by atoms with van der Waals surface area (Å²) < 4.78 is 1.23. The lowest BCUT2D eigenvalue weighted by molar-refractivity contribution is 0.240. The van der Waals surface area contributed by atoms with E-state index < -0.39 is 0 Å². The number of nitrogens with zero attached hydrogens (tertiary/aromatic N) is 2. The Morgan fingerprint density at radius 1 is 1.82 bits per heavy atom. The summed E-state index contributed by atoms with van der Waals surface area (Å²) in [6, 6.07) is 1.45. The van der Waals surface area contributed by atoms with Crippen molar-refractivity contribution < 1.29 is 4.79 Å². The van der Waals surface area contributed by atoms with Crippen molar-refractivity contribution in [2.75, 3.05) is 6.54 Å². The van der Waals surface area contributed by atoms with Gasteiger partial charge in [0, 0.05) is 18.9 Å². The van der Waals surface area contributed by atoms with Crippen LogP contribution in [-0.2, 0) is 0 Å². The summed E-state index contributed by atoms with van der Waals surface area (Å²) in [7, 11) is 0. The van der Waals surface area contributed by atoms with E-state index in [1.807, 2.05) is 0 Å². The van der Waals surface area contributed by atoms with Gasteiger partial charge < -0.3 is 5.32 Å². The van der Waals surface area contributed by atoms with E-state index in [0.29, 0.717) is 6.54 Å². The maximum atomic E-state index is 11.0. The summed E-state index contributed by atoms with van der Waals surface area (Å²) in [5.74, 6) is 0. The lowest BCUT2D eigenvalue weighted by Crippen LogP contribution is -2.28. The van der Waals surface area contributed by atoms with Gasteiger partial charge in [-0.3, -0.25) is 0 Å². The van der Waals surface area contributed by atoms with Gasteiger partial charge in [-0.1, -0.05) is 6.08 Å². The third kappa shape index (κ3) is 1.93. The van der Waals surface area contributed by atoms with Gasteiger partial charge in [0.1, 0.15) is 0 Å². The number of hydrogen-bond acceptors (Lipinski definition) is 2. The predicted octanol–water partition coefficient (Wildman–Crippen LogP) is 0.627. The minimum atomic E-state index is -0.241.